The molecule has 0 saturated heterocycles. The normalized spacial score (nSPS) is 18.1. The Hall–Kier alpha value is -0.280. The summed E-state index contributed by atoms with van der Waals surface area (Å²) >= 11 is 0. The second-order valence-electron chi connectivity index (χ2n) is 4.93. The van der Waals surface area contributed by atoms with Crippen molar-refractivity contribution in [2.75, 3.05) is 7.05 Å². The highest BCUT2D eigenvalue weighted by atomic mass is 35.5. The van der Waals surface area contributed by atoms with E-state index in [2.05, 4.69) is 0 Å². The molecule has 1 fully saturated rings. The average Bonchev–Trinajstić information content (AvgIpc) is 2.15. The molecule has 0 heterocycles. The van der Waals surface area contributed by atoms with Crippen molar-refractivity contribution in [3.8, 4) is 0 Å². The second kappa shape index (κ2) is 5.71. The number of hydrogen-bond acceptors (Lipinski definition) is 2. The number of nitrogens with zero attached hydrogens (tertiary/aromatic N) is 1. The topological polar surface area (TPSA) is 46.3 Å². The van der Waals surface area contributed by atoms with Gasteiger partial charge in [0.05, 0.1) is 5.54 Å². The zero-order valence-electron chi connectivity index (χ0n) is 9.95. The van der Waals surface area contributed by atoms with E-state index in [9.17, 15) is 4.79 Å². The summed E-state index contributed by atoms with van der Waals surface area (Å²) in [4.78, 5) is 13.7. The Kier molecular flexibility index (Phi) is 5.60. The van der Waals surface area contributed by atoms with Gasteiger partial charge in [0.15, 0.2) is 0 Å². The second-order valence-corrected chi connectivity index (χ2v) is 4.93. The van der Waals surface area contributed by atoms with E-state index in [1.807, 2.05) is 11.9 Å². The molecule has 0 unspecified atom stereocenters. The molecule has 0 spiro atoms. The molecule has 90 valence electrons. The van der Waals surface area contributed by atoms with E-state index in [-0.39, 0.29) is 18.3 Å². The lowest BCUT2D eigenvalue weighted by atomic mass is 9.93. The van der Waals surface area contributed by atoms with E-state index < -0.39 is 5.54 Å². The average molecular weight is 235 g/mol. The highest BCUT2D eigenvalue weighted by molar-refractivity contribution is 5.85. The van der Waals surface area contributed by atoms with Crippen molar-refractivity contribution >= 4 is 18.3 Å². The Morgan fingerprint density at radius 2 is 1.73 bits per heavy atom. The molecule has 1 rings (SSSR count). The first kappa shape index (κ1) is 14.7. The fraction of sp³-hybridized carbons (Fsp3) is 0.909. The summed E-state index contributed by atoms with van der Waals surface area (Å²) in [6.45, 7) is 3.54. The van der Waals surface area contributed by atoms with E-state index in [4.69, 9.17) is 5.73 Å². The van der Waals surface area contributed by atoms with Crippen LogP contribution in [0.1, 0.15) is 46.0 Å². The minimum atomic E-state index is -0.730. The number of amides is 1. The van der Waals surface area contributed by atoms with E-state index in [1.54, 1.807) is 13.8 Å². The summed E-state index contributed by atoms with van der Waals surface area (Å²) in [5.74, 6) is 0.0596. The zero-order chi connectivity index (χ0) is 10.8. The number of carbonyl (C=O) groups is 1. The first-order valence-electron chi connectivity index (χ1n) is 5.49. The molecule has 0 aromatic rings. The number of hydrogen-bond donors (Lipinski definition) is 1. The summed E-state index contributed by atoms with van der Waals surface area (Å²) in [7, 11) is 1.88. The minimum absolute atomic E-state index is 0. The molecule has 15 heavy (non-hydrogen) atoms. The van der Waals surface area contributed by atoms with Gasteiger partial charge in [-0.3, -0.25) is 4.79 Å². The van der Waals surface area contributed by atoms with Gasteiger partial charge in [-0.05, 0) is 26.7 Å². The van der Waals surface area contributed by atoms with Crippen molar-refractivity contribution in [2.24, 2.45) is 5.73 Å². The van der Waals surface area contributed by atoms with Crippen molar-refractivity contribution in [1.29, 1.82) is 0 Å². The van der Waals surface area contributed by atoms with Crippen LogP contribution in [0.25, 0.3) is 0 Å². The molecule has 0 bridgehead atoms. The van der Waals surface area contributed by atoms with E-state index in [1.165, 1.54) is 19.3 Å². The Morgan fingerprint density at radius 1 is 1.27 bits per heavy atom. The maximum absolute atomic E-state index is 11.9. The van der Waals surface area contributed by atoms with Gasteiger partial charge in [0.25, 0.3) is 0 Å². The van der Waals surface area contributed by atoms with Crippen LogP contribution < -0.4 is 5.73 Å². The van der Waals surface area contributed by atoms with Gasteiger partial charge in [-0.2, -0.15) is 0 Å². The number of halogens is 1. The van der Waals surface area contributed by atoms with Gasteiger partial charge < -0.3 is 10.6 Å². The van der Waals surface area contributed by atoms with Crippen molar-refractivity contribution in [3.63, 3.8) is 0 Å². The molecule has 0 aliphatic heterocycles. The summed E-state index contributed by atoms with van der Waals surface area (Å²) in [6.07, 6.45) is 6.07. The molecule has 0 radical (unpaired) electrons. The molecule has 1 saturated carbocycles. The van der Waals surface area contributed by atoms with Crippen molar-refractivity contribution in [3.05, 3.63) is 0 Å². The number of nitrogens with two attached hydrogens (primary N) is 1. The first-order valence-corrected chi connectivity index (χ1v) is 5.49. The molecule has 0 aromatic heterocycles. The molecule has 1 aliphatic rings. The highest BCUT2D eigenvalue weighted by Crippen LogP contribution is 2.22. The molecule has 4 heteroatoms. The van der Waals surface area contributed by atoms with Gasteiger partial charge in [0.2, 0.25) is 5.91 Å². The summed E-state index contributed by atoms with van der Waals surface area (Å²) in [5.41, 5.74) is 5.07. The molecule has 0 atom stereocenters. The molecule has 1 aliphatic carbocycles. The lowest BCUT2D eigenvalue weighted by molar-refractivity contribution is -0.137. The van der Waals surface area contributed by atoms with E-state index >= 15 is 0 Å². The fourth-order valence-corrected chi connectivity index (χ4v) is 2.09. The van der Waals surface area contributed by atoms with Gasteiger partial charge in [0.1, 0.15) is 0 Å². The highest BCUT2D eigenvalue weighted by Gasteiger charge is 2.30. The van der Waals surface area contributed by atoms with Crippen molar-refractivity contribution in [1.82, 2.24) is 4.90 Å². The van der Waals surface area contributed by atoms with Crippen LogP contribution in [0.4, 0.5) is 0 Å². The number of likely N-dealkylation sites (N-methyl/N-ethyl adjacent to an activating group) is 1. The van der Waals surface area contributed by atoms with Crippen molar-refractivity contribution < 1.29 is 4.79 Å². The van der Waals surface area contributed by atoms with Gasteiger partial charge in [0, 0.05) is 13.1 Å². The SMILES string of the molecule is CN(C(=O)C(C)(C)N)C1CCCCC1.Cl. The predicted molar refractivity (Wildman–Crippen MR) is 65.2 cm³/mol. The predicted octanol–water partition coefficient (Wildman–Crippen LogP) is 1.94. The van der Waals surface area contributed by atoms with Crippen LogP contribution in [0.5, 0.6) is 0 Å². The maximum atomic E-state index is 11.9. The van der Waals surface area contributed by atoms with Crippen LogP contribution in [0.3, 0.4) is 0 Å². The largest absolute Gasteiger partial charge is 0.341 e. The standard InChI is InChI=1S/C11H22N2O.ClH/c1-11(2,12)10(14)13(3)9-7-5-4-6-8-9;/h9H,4-8,12H2,1-3H3;1H. The Labute approximate surface area is 98.8 Å². The third-order valence-corrected chi connectivity index (χ3v) is 2.99. The van der Waals surface area contributed by atoms with Crippen LogP contribution in [0.2, 0.25) is 0 Å². The van der Waals surface area contributed by atoms with Crippen LogP contribution in [-0.2, 0) is 4.79 Å². The van der Waals surface area contributed by atoms with Gasteiger partial charge in [-0.25, -0.2) is 0 Å². The van der Waals surface area contributed by atoms with E-state index in [0.29, 0.717) is 6.04 Å². The fourth-order valence-electron chi connectivity index (χ4n) is 2.09. The van der Waals surface area contributed by atoms with E-state index in [0.717, 1.165) is 12.8 Å². The van der Waals surface area contributed by atoms with Gasteiger partial charge in [-0.15, -0.1) is 12.4 Å². The zero-order valence-corrected chi connectivity index (χ0v) is 10.8. The molecule has 2 N–H and O–H groups in total. The molecule has 0 aromatic carbocycles. The third-order valence-electron chi connectivity index (χ3n) is 2.99. The monoisotopic (exact) mass is 234 g/mol. The Balaban J connectivity index is 0.00000196. The molecular formula is C11H23ClN2O. The third kappa shape index (κ3) is 3.99. The number of carbonyl (C=O) groups excluding carboxylic acids is 1. The maximum Gasteiger partial charge on any atom is 0.242 e. The minimum Gasteiger partial charge on any atom is -0.341 e. The van der Waals surface area contributed by atoms with Crippen molar-refractivity contribution in [2.45, 2.75) is 57.5 Å². The molecular weight excluding hydrogens is 212 g/mol. The van der Waals surface area contributed by atoms with Crippen LogP contribution >= 0.6 is 12.4 Å². The summed E-state index contributed by atoms with van der Waals surface area (Å²) in [6, 6.07) is 0.416. The summed E-state index contributed by atoms with van der Waals surface area (Å²) in [5, 5.41) is 0. The molecule has 3 nitrogen and oxygen atoms in total. The first-order chi connectivity index (χ1) is 6.43. The smallest absolute Gasteiger partial charge is 0.242 e. The number of rotatable bonds is 2. The Bertz CT molecular complexity index is 207. The quantitative estimate of drug-likeness (QED) is 0.794. The lowest BCUT2D eigenvalue weighted by Crippen LogP contribution is -2.53. The Morgan fingerprint density at radius 3 is 2.13 bits per heavy atom. The van der Waals surface area contributed by atoms with Crippen LogP contribution in [0, 0.1) is 0 Å². The van der Waals surface area contributed by atoms with Crippen LogP contribution in [-0.4, -0.2) is 29.4 Å². The molecule has 1 amide bonds. The summed E-state index contributed by atoms with van der Waals surface area (Å²) < 4.78 is 0. The van der Waals surface area contributed by atoms with Gasteiger partial charge in [-0.1, -0.05) is 19.3 Å². The van der Waals surface area contributed by atoms with Gasteiger partial charge >= 0.3 is 0 Å². The lowest BCUT2D eigenvalue weighted by Gasteiger charge is -2.35. The van der Waals surface area contributed by atoms with Crippen LogP contribution in [0.15, 0.2) is 0 Å².